The standard InChI is InChI=1S/C16H31NO/c18-15-7-2-1-6-12-17-13-10-16(11-14-17)8-4-3-5-9-16/h18H,1-15H2. The lowest BCUT2D eigenvalue weighted by Crippen LogP contribution is -2.41. The molecule has 0 radical (unpaired) electrons. The average Bonchev–Trinajstić information content (AvgIpc) is 2.42. The Kier molecular flexibility index (Phi) is 5.97. The van der Waals surface area contributed by atoms with Crippen molar-refractivity contribution in [3.05, 3.63) is 0 Å². The fourth-order valence-corrected chi connectivity index (χ4v) is 3.85. The lowest BCUT2D eigenvalue weighted by atomic mass is 9.68. The topological polar surface area (TPSA) is 23.5 Å². The third-order valence-electron chi connectivity index (χ3n) is 5.21. The van der Waals surface area contributed by atoms with Crippen LogP contribution in [-0.2, 0) is 0 Å². The first-order chi connectivity index (χ1) is 8.85. The first kappa shape index (κ1) is 14.3. The summed E-state index contributed by atoms with van der Waals surface area (Å²) in [7, 11) is 0. The van der Waals surface area contributed by atoms with Crippen LogP contribution in [0.4, 0.5) is 0 Å². The quantitative estimate of drug-likeness (QED) is 0.731. The van der Waals surface area contributed by atoms with Crippen LogP contribution in [0.5, 0.6) is 0 Å². The second kappa shape index (κ2) is 7.49. The van der Waals surface area contributed by atoms with Crippen molar-refractivity contribution in [3.63, 3.8) is 0 Å². The number of hydrogen-bond acceptors (Lipinski definition) is 2. The number of unbranched alkanes of at least 4 members (excludes halogenated alkanes) is 3. The summed E-state index contributed by atoms with van der Waals surface area (Å²) in [5.41, 5.74) is 0.756. The number of aliphatic hydroxyl groups excluding tert-OH is 1. The molecule has 0 unspecified atom stereocenters. The fourth-order valence-electron chi connectivity index (χ4n) is 3.85. The Labute approximate surface area is 113 Å². The fraction of sp³-hybridized carbons (Fsp3) is 1.00. The van der Waals surface area contributed by atoms with Crippen molar-refractivity contribution in [2.45, 2.75) is 70.6 Å². The van der Waals surface area contributed by atoms with Gasteiger partial charge >= 0.3 is 0 Å². The van der Waals surface area contributed by atoms with E-state index in [9.17, 15) is 0 Å². The van der Waals surface area contributed by atoms with Crippen molar-refractivity contribution < 1.29 is 5.11 Å². The predicted octanol–water partition coefficient (Wildman–Crippen LogP) is 3.59. The number of aliphatic hydroxyl groups is 1. The molecule has 1 aliphatic heterocycles. The molecule has 2 nitrogen and oxygen atoms in total. The number of piperidine rings is 1. The molecule has 1 N–H and O–H groups in total. The molecule has 1 saturated heterocycles. The molecule has 1 aliphatic carbocycles. The second-order valence-electron chi connectivity index (χ2n) is 6.54. The lowest BCUT2D eigenvalue weighted by Gasteiger charge is -2.44. The molecular formula is C16H31NO. The molecule has 2 heteroatoms. The van der Waals surface area contributed by atoms with E-state index < -0.39 is 0 Å². The molecule has 2 fully saturated rings. The van der Waals surface area contributed by atoms with E-state index in [1.165, 1.54) is 83.8 Å². The van der Waals surface area contributed by atoms with E-state index in [1.807, 2.05) is 0 Å². The van der Waals surface area contributed by atoms with Crippen LogP contribution in [0, 0.1) is 5.41 Å². The van der Waals surface area contributed by atoms with E-state index in [2.05, 4.69) is 4.90 Å². The maximum Gasteiger partial charge on any atom is 0.0431 e. The van der Waals surface area contributed by atoms with Crippen molar-refractivity contribution in [1.82, 2.24) is 4.90 Å². The lowest BCUT2D eigenvalue weighted by molar-refractivity contribution is 0.0669. The van der Waals surface area contributed by atoms with Crippen LogP contribution >= 0.6 is 0 Å². The summed E-state index contributed by atoms with van der Waals surface area (Å²) < 4.78 is 0. The molecule has 1 heterocycles. The van der Waals surface area contributed by atoms with Gasteiger partial charge in [-0.25, -0.2) is 0 Å². The zero-order valence-corrected chi connectivity index (χ0v) is 12.0. The Bertz CT molecular complexity index is 213. The summed E-state index contributed by atoms with van der Waals surface area (Å²) in [6.45, 7) is 4.35. The van der Waals surface area contributed by atoms with Crippen LogP contribution in [0.15, 0.2) is 0 Å². The normalized spacial score (nSPS) is 24.5. The van der Waals surface area contributed by atoms with E-state index in [4.69, 9.17) is 5.11 Å². The highest BCUT2D eigenvalue weighted by Crippen LogP contribution is 2.44. The SMILES string of the molecule is OCCCCCCN1CCC2(CCCCC2)CC1. The van der Waals surface area contributed by atoms with Gasteiger partial charge in [0.1, 0.15) is 0 Å². The molecule has 0 atom stereocenters. The molecule has 106 valence electrons. The van der Waals surface area contributed by atoms with Crippen molar-refractivity contribution in [2.75, 3.05) is 26.2 Å². The molecule has 1 saturated carbocycles. The van der Waals surface area contributed by atoms with Gasteiger partial charge in [-0.2, -0.15) is 0 Å². The van der Waals surface area contributed by atoms with Gasteiger partial charge in [0.15, 0.2) is 0 Å². The minimum Gasteiger partial charge on any atom is -0.396 e. The summed E-state index contributed by atoms with van der Waals surface area (Å²) in [5.74, 6) is 0. The molecule has 0 aromatic carbocycles. The molecule has 0 aromatic rings. The Morgan fingerprint density at radius 3 is 2.11 bits per heavy atom. The highest BCUT2D eigenvalue weighted by Gasteiger charge is 2.35. The largest absolute Gasteiger partial charge is 0.396 e. The highest BCUT2D eigenvalue weighted by atomic mass is 16.2. The molecule has 2 aliphatic rings. The molecule has 0 bridgehead atoms. The Balaban J connectivity index is 1.58. The number of nitrogens with zero attached hydrogens (tertiary/aromatic N) is 1. The summed E-state index contributed by atoms with van der Waals surface area (Å²) in [6, 6.07) is 0. The number of hydrogen-bond donors (Lipinski definition) is 1. The summed E-state index contributed by atoms with van der Waals surface area (Å²) in [6.07, 6.45) is 15.2. The van der Waals surface area contributed by atoms with Crippen LogP contribution in [0.3, 0.4) is 0 Å². The van der Waals surface area contributed by atoms with Crippen molar-refractivity contribution in [1.29, 1.82) is 0 Å². The predicted molar refractivity (Wildman–Crippen MR) is 76.7 cm³/mol. The molecule has 2 rings (SSSR count). The minimum absolute atomic E-state index is 0.367. The van der Waals surface area contributed by atoms with E-state index in [-0.39, 0.29) is 0 Å². The van der Waals surface area contributed by atoms with Crippen LogP contribution < -0.4 is 0 Å². The Morgan fingerprint density at radius 2 is 1.44 bits per heavy atom. The zero-order chi connectivity index (χ0) is 12.7. The van der Waals surface area contributed by atoms with Crippen molar-refractivity contribution >= 4 is 0 Å². The van der Waals surface area contributed by atoms with Crippen LogP contribution in [-0.4, -0.2) is 36.2 Å². The van der Waals surface area contributed by atoms with Gasteiger partial charge in [-0.15, -0.1) is 0 Å². The van der Waals surface area contributed by atoms with Gasteiger partial charge in [0.2, 0.25) is 0 Å². The first-order valence-corrected chi connectivity index (χ1v) is 8.18. The highest BCUT2D eigenvalue weighted by molar-refractivity contribution is 4.88. The summed E-state index contributed by atoms with van der Waals surface area (Å²) in [5, 5.41) is 8.74. The van der Waals surface area contributed by atoms with Crippen LogP contribution in [0.1, 0.15) is 70.6 Å². The van der Waals surface area contributed by atoms with Crippen molar-refractivity contribution in [2.24, 2.45) is 5.41 Å². The maximum atomic E-state index is 8.74. The molecule has 0 amide bonds. The molecular weight excluding hydrogens is 222 g/mol. The smallest absolute Gasteiger partial charge is 0.0431 e. The average molecular weight is 253 g/mol. The van der Waals surface area contributed by atoms with Gasteiger partial charge in [0, 0.05) is 6.61 Å². The van der Waals surface area contributed by atoms with Crippen molar-refractivity contribution in [3.8, 4) is 0 Å². The van der Waals surface area contributed by atoms with Gasteiger partial charge in [-0.1, -0.05) is 32.1 Å². The molecule has 0 aromatic heterocycles. The summed E-state index contributed by atoms with van der Waals surface area (Å²) >= 11 is 0. The van der Waals surface area contributed by atoms with Crippen LogP contribution in [0.25, 0.3) is 0 Å². The molecule has 1 spiro atoms. The summed E-state index contributed by atoms with van der Waals surface area (Å²) in [4.78, 5) is 2.68. The Hall–Kier alpha value is -0.0800. The Morgan fingerprint density at radius 1 is 0.778 bits per heavy atom. The third-order valence-corrected chi connectivity index (χ3v) is 5.21. The first-order valence-electron chi connectivity index (χ1n) is 8.18. The molecule has 18 heavy (non-hydrogen) atoms. The minimum atomic E-state index is 0.367. The maximum absolute atomic E-state index is 8.74. The van der Waals surface area contributed by atoms with Gasteiger partial charge in [0.05, 0.1) is 0 Å². The van der Waals surface area contributed by atoms with Crippen LogP contribution in [0.2, 0.25) is 0 Å². The third kappa shape index (κ3) is 4.24. The van der Waals surface area contributed by atoms with Gasteiger partial charge in [-0.3, -0.25) is 0 Å². The van der Waals surface area contributed by atoms with Gasteiger partial charge in [-0.05, 0) is 63.6 Å². The van der Waals surface area contributed by atoms with Gasteiger partial charge in [0.25, 0.3) is 0 Å². The van der Waals surface area contributed by atoms with E-state index >= 15 is 0 Å². The van der Waals surface area contributed by atoms with E-state index in [0.717, 1.165) is 11.8 Å². The zero-order valence-electron chi connectivity index (χ0n) is 12.0. The van der Waals surface area contributed by atoms with E-state index in [0.29, 0.717) is 6.61 Å². The van der Waals surface area contributed by atoms with Gasteiger partial charge < -0.3 is 10.0 Å². The monoisotopic (exact) mass is 253 g/mol. The second-order valence-corrected chi connectivity index (χ2v) is 6.54. The number of rotatable bonds is 6. The van der Waals surface area contributed by atoms with E-state index in [1.54, 1.807) is 0 Å². The number of likely N-dealkylation sites (tertiary alicyclic amines) is 1.